The van der Waals surface area contributed by atoms with E-state index in [-0.39, 0.29) is 42.2 Å². The molecule has 0 aliphatic rings. The predicted octanol–water partition coefficient (Wildman–Crippen LogP) is 3.77. The van der Waals surface area contributed by atoms with Crippen molar-refractivity contribution in [3.8, 4) is 5.75 Å². The summed E-state index contributed by atoms with van der Waals surface area (Å²) in [5.74, 6) is 0.617. The molecule has 0 fully saturated rings. The van der Waals surface area contributed by atoms with Crippen LogP contribution in [0.2, 0.25) is 0 Å². The molecule has 1 amide bonds. The molecule has 0 atom stereocenters. The molecule has 172 valence electrons. The van der Waals surface area contributed by atoms with Crippen LogP contribution in [-0.2, 0) is 11.3 Å². The Morgan fingerprint density at radius 2 is 1.73 bits per heavy atom. The van der Waals surface area contributed by atoms with Crippen LogP contribution in [0.4, 0.5) is 13.2 Å². The van der Waals surface area contributed by atoms with Crippen molar-refractivity contribution in [3.05, 3.63) is 29.3 Å². The van der Waals surface area contributed by atoms with E-state index in [9.17, 15) is 18.0 Å². The highest BCUT2D eigenvalue weighted by atomic mass is 127. The van der Waals surface area contributed by atoms with Crippen LogP contribution in [0.5, 0.6) is 5.75 Å². The van der Waals surface area contributed by atoms with E-state index in [4.69, 9.17) is 4.74 Å². The average Bonchev–Trinajstić information content (AvgIpc) is 2.60. The first kappa shape index (κ1) is 28.3. The third-order valence-corrected chi connectivity index (χ3v) is 3.75. The maximum absolute atomic E-state index is 12.5. The molecular formula is C20H32F3IN4O2. The van der Waals surface area contributed by atoms with Crippen LogP contribution in [0.1, 0.15) is 38.8 Å². The molecule has 0 radical (unpaired) electrons. The monoisotopic (exact) mass is 544 g/mol. The van der Waals surface area contributed by atoms with E-state index < -0.39 is 18.2 Å². The summed E-state index contributed by atoms with van der Waals surface area (Å²) in [6, 6.07) is 5.07. The number of nitrogens with one attached hydrogen (secondary N) is 3. The first-order valence-electron chi connectivity index (χ1n) is 9.52. The molecule has 30 heavy (non-hydrogen) atoms. The summed E-state index contributed by atoms with van der Waals surface area (Å²) in [6.07, 6.45) is -4.40. The lowest BCUT2D eigenvalue weighted by atomic mass is 9.96. The van der Waals surface area contributed by atoms with Crippen LogP contribution in [0, 0.1) is 12.3 Å². The summed E-state index contributed by atoms with van der Waals surface area (Å²) in [7, 11) is 0. The molecule has 10 heteroatoms. The molecule has 3 N–H and O–H groups in total. The van der Waals surface area contributed by atoms with E-state index in [2.05, 4.69) is 20.9 Å². The third-order valence-electron chi connectivity index (χ3n) is 3.75. The second-order valence-electron chi connectivity index (χ2n) is 7.64. The number of aliphatic imine (C=N–C) groups is 1. The second kappa shape index (κ2) is 12.9. The molecule has 1 aromatic carbocycles. The molecule has 6 nitrogen and oxygen atoms in total. The number of carbonyl (C=O) groups is 1. The van der Waals surface area contributed by atoms with Gasteiger partial charge in [0.05, 0.1) is 6.54 Å². The van der Waals surface area contributed by atoms with Crippen LogP contribution in [0.15, 0.2) is 23.2 Å². The molecular weight excluding hydrogens is 512 g/mol. The first-order chi connectivity index (χ1) is 13.4. The molecule has 0 spiro atoms. The molecule has 0 saturated heterocycles. The number of hydrogen-bond donors (Lipinski definition) is 3. The number of nitrogens with zero attached hydrogens (tertiary/aromatic N) is 1. The molecule has 0 bridgehead atoms. The minimum Gasteiger partial charge on any atom is -0.484 e. The van der Waals surface area contributed by atoms with Crippen LogP contribution in [0.3, 0.4) is 0 Å². The molecule has 0 aliphatic carbocycles. The average molecular weight is 544 g/mol. The molecule has 0 aliphatic heterocycles. The Bertz CT molecular complexity index is 704. The van der Waals surface area contributed by atoms with Gasteiger partial charge in [-0.25, -0.2) is 4.99 Å². The van der Waals surface area contributed by atoms with Crippen molar-refractivity contribution < 1.29 is 22.7 Å². The van der Waals surface area contributed by atoms with Gasteiger partial charge in [-0.3, -0.25) is 4.79 Å². The van der Waals surface area contributed by atoms with Gasteiger partial charge in [-0.05, 0) is 25.5 Å². The van der Waals surface area contributed by atoms with E-state index in [0.29, 0.717) is 31.2 Å². The lowest BCUT2D eigenvalue weighted by Crippen LogP contribution is -2.43. The number of guanidine groups is 1. The molecule has 0 unspecified atom stereocenters. The predicted molar refractivity (Wildman–Crippen MR) is 123 cm³/mol. The van der Waals surface area contributed by atoms with Crippen molar-refractivity contribution in [1.29, 1.82) is 0 Å². The second-order valence-corrected chi connectivity index (χ2v) is 7.64. The number of carbonyl (C=O) groups excluding carboxylic acids is 1. The molecule has 1 aromatic rings. The fourth-order valence-corrected chi connectivity index (χ4v) is 2.21. The van der Waals surface area contributed by atoms with E-state index in [1.165, 1.54) is 0 Å². The van der Waals surface area contributed by atoms with Gasteiger partial charge in [0.2, 0.25) is 5.91 Å². The van der Waals surface area contributed by atoms with Crippen molar-refractivity contribution in [3.63, 3.8) is 0 Å². The Kier molecular flexibility index (Phi) is 12.1. The summed E-state index contributed by atoms with van der Waals surface area (Å²) < 4.78 is 42.4. The first-order valence-corrected chi connectivity index (χ1v) is 9.52. The maximum atomic E-state index is 12.5. The number of hydrogen-bond acceptors (Lipinski definition) is 3. The quantitative estimate of drug-likeness (QED) is 0.202. The number of amides is 1. The van der Waals surface area contributed by atoms with Gasteiger partial charge in [-0.2, -0.15) is 13.2 Å². The Hall–Kier alpha value is -1.72. The summed E-state index contributed by atoms with van der Waals surface area (Å²) >= 11 is 0. The summed E-state index contributed by atoms with van der Waals surface area (Å²) in [4.78, 5) is 16.3. The van der Waals surface area contributed by atoms with Crippen LogP contribution >= 0.6 is 24.0 Å². The van der Waals surface area contributed by atoms with E-state index in [1.807, 2.05) is 27.7 Å². The zero-order valence-electron chi connectivity index (χ0n) is 18.1. The normalized spacial score (nSPS) is 12.1. The van der Waals surface area contributed by atoms with Crippen LogP contribution < -0.4 is 20.7 Å². The molecule has 0 heterocycles. The number of benzene rings is 1. The van der Waals surface area contributed by atoms with Crippen molar-refractivity contribution >= 4 is 35.8 Å². The van der Waals surface area contributed by atoms with Crippen molar-refractivity contribution in [2.24, 2.45) is 10.4 Å². The Labute approximate surface area is 193 Å². The fraction of sp³-hybridized carbons (Fsp3) is 0.600. The lowest BCUT2D eigenvalue weighted by molar-refractivity contribution is -0.153. The summed E-state index contributed by atoms with van der Waals surface area (Å²) in [5, 5.41) is 8.98. The van der Waals surface area contributed by atoms with Crippen molar-refractivity contribution in [1.82, 2.24) is 16.0 Å². The molecule has 1 rings (SSSR count). The number of halogens is 4. The van der Waals surface area contributed by atoms with E-state index in [0.717, 1.165) is 5.56 Å². The van der Waals surface area contributed by atoms with Crippen molar-refractivity contribution in [2.45, 2.75) is 47.3 Å². The Balaban J connectivity index is 0.00000841. The summed E-state index contributed by atoms with van der Waals surface area (Å²) in [5.41, 5.74) is 0.893. The third kappa shape index (κ3) is 11.5. The zero-order valence-corrected chi connectivity index (χ0v) is 20.4. The van der Waals surface area contributed by atoms with Gasteiger partial charge < -0.3 is 20.7 Å². The van der Waals surface area contributed by atoms with E-state index in [1.54, 1.807) is 25.1 Å². The SMILES string of the molecule is CCNC(=NCc1ccc(C)cc1OCC(F)(F)F)NCCNC(=O)C(C)(C)C.I. The zero-order chi connectivity index (χ0) is 22.1. The maximum Gasteiger partial charge on any atom is 0.422 e. The smallest absolute Gasteiger partial charge is 0.422 e. The Morgan fingerprint density at radius 3 is 2.30 bits per heavy atom. The van der Waals surface area contributed by atoms with Crippen molar-refractivity contribution in [2.75, 3.05) is 26.2 Å². The molecule has 0 aromatic heterocycles. The number of rotatable bonds is 8. The number of alkyl halides is 3. The number of aryl methyl sites for hydroxylation is 1. The highest BCUT2D eigenvalue weighted by Crippen LogP contribution is 2.24. The van der Waals surface area contributed by atoms with Gasteiger partial charge in [0.25, 0.3) is 0 Å². The van der Waals surface area contributed by atoms with Gasteiger partial charge in [0.15, 0.2) is 12.6 Å². The lowest BCUT2D eigenvalue weighted by Gasteiger charge is -2.18. The van der Waals surface area contributed by atoms with Gasteiger partial charge in [-0.1, -0.05) is 32.9 Å². The van der Waals surface area contributed by atoms with Gasteiger partial charge in [0.1, 0.15) is 5.75 Å². The van der Waals surface area contributed by atoms with E-state index >= 15 is 0 Å². The molecule has 0 saturated carbocycles. The Morgan fingerprint density at radius 1 is 1.10 bits per heavy atom. The standard InChI is InChI=1S/C20H31F3N4O2.HI/c1-6-24-18(26-10-9-25-17(28)19(3,4)5)27-12-15-8-7-14(2)11-16(15)29-13-20(21,22)23;/h7-8,11H,6,9-10,12-13H2,1-5H3,(H,25,28)(H2,24,26,27);1H. The van der Waals surface area contributed by atoms with Gasteiger partial charge in [0, 0.05) is 30.6 Å². The topological polar surface area (TPSA) is 74.8 Å². The van der Waals surface area contributed by atoms with Gasteiger partial charge in [-0.15, -0.1) is 24.0 Å². The minimum absolute atomic E-state index is 0. The summed E-state index contributed by atoms with van der Waals surface area (Å²) in [6.45, 7) is 9.49. The highest BCUT2D eigenvalue weighted by Gasteiger charge is 2.28. The fourth-order valence-electron chi connectivity index (χ4n) is 2.21. The number of ether oxygens (including phenoxy) is 1. The minimum atomic E-state index is -4.40. The van der Waals surface area contributed by atoms with Gasteiger partial charge >= 0.3 is 6.18 Å². The van der Waals surface area contributed by atoms with Crippen LogP contribution in [0.25, 0.3) is 0 Å². The highest BCUT2D eigenvalue weighted by molar-refractivity contribution is 14.0. The largest absolute Gasteiger partial charge is 0.484 e. The van der Waals surface area contributed by atoms with Crippen LogP contribution in [-0.4, -0.2) is 44.3 Å².